The molecule has 0 amide bonds. The van der Waals surface area contributed by atoms with Crippen LogP contribution in [0.2, 0.25) is 0 Å². The Hall–Kier alpha value is -1.23. The van der Waals surface area contributed by atoms with Gasteiger partial charge < -0.3 is 14.2 Å². The number of hydrogen-bond donors (Lipinski definition) is 0. The van der Waals surface area contributed by atoms with Crippen molar-refractivity contribution in [1.29, 1.82) is 0 Å². The minimum Gasteiger partial charge on any atom is -0.362 e. The van der Waals surface area contributed by atoms with E-state index in [0.29, 0.717) is 6.61 Å². The van der Waals surface area contributed by atoms with Crippen molar-refractivity contribution < 1.29 is 19.0 Å². The Bertz CT molecular complexity index is 419. The second-order valence-corrected chi connectivity index (χ2v) is 4.65. The summed E-state index contributed by atoms with van der Waals surface area (Å²) in [5.74, 6) is -1.04. The molecule has 1 aliphatic heterocycles. The smallest absolute Gasteiger partial charge is 0.201 e. The zero-order valence-corrected chi connectivity index (χ0v) is 10.9. The average molecular weight is 250 g/mol. The van der Waals surface area contributed by atoms with Gasteiger partial charge in [-0.05, 0) is 6.92 Å². The Morgan fingerprint density at radius 3 is 2.33 bits per heavy atom. The molecule has 4 heteroatoms. The van der Waals surface area contributed by atoms with Gasteiger partial charge in [0.1, 0.15) is 5.60 Å². The van der Waals surface area contributed by atoms with Gasteiger partial charge in [0.2, 0.25) is 5.79 Å². The molecule has 2 rings (SSSR count). The molecule has 1 saturated heterocycles. The molecule has 1 aromatic rings. The number of Topliss-reactive ketones (excluding diaryl/α,β-unsaturated/α-hetero) is 1. The first-order valence-corrected chi connectivity index (χ1v) is 5.89. The van der Waals surface area contributed by atoms with Gasteiger partial charge in [-0.1, -0.05) is 30.3 Å². The SMILES string of the molecule is COC(CC(=O)C1(C)CO1)(OC)c1ccccc1. The third-order valence-electron chi connectivity index (χ3n) is 3.43. The van der Waals surface area contributed by atoms with Crippen LogP contribution in [0.25, 0.3) is 0 Å². The van der Waals surface area contributed by atoms with Crippen molar-refractivity contribution in [3.8, 4) is 0 Å². The zero-order valence-electron chi connectivity index (χ0n) is 10.9. The molecule has 0 bridgehead atoms. The highest BCUT2D eigenvalue weighted by molar-refractivity contribution is 5.90. The van der Waals surface area contributed by atoms with E-state index in [1.54, 1.807) is 21.1 Å². The molecule has 1 unspecified atom stereocenters. The number of ether oxygens (including phenoxy) is 3. The first-order valence-electron chi connectivity index (χ1n) is 5.89. The highest BCUT2D eigenvalue weighted by atomic mass is 16.7. The maximum atomic E-state index is 12.1. The number of carbonyl (C=O) groups excluding carboxylic acids is 1. The monoisotopic (exact) mass is 250 g/mol. The van der Waals surface area contributed by atoms with E-state index in [1.165, 1.54) is 0 Å². The van der Waals surface area contributed by atoms with Gasteiger partial charge in [-0.25, -0.2) is 0 Å². The van der Waals surface area contributed by atoms with Crippen molar-refractivity contribution in [2.45, 2.75) is 24.7 Å². The Labute approximate surface area is 107 Å². The summed E-state index contributed by atoms with van der Waals surface area (Å²) in [5, 5.41) is 0. The quantitative estimate of drug-likeness (QED) is 0.571. The normalized spacial score (nSPS) is 22.8. The summed E-state index contributed by atoms with van der Waals surface area (Å²) in [7, 11) is 3.08. The van der Waals surface area contributed by atoms with Crippen molar-refractivity contribution in [2.75, 3.05) is 20.8 Å². The van der Waals surface area contributed by atoms with Gasteiger partial charge in [-0.3, -0.25) is 4.79 Å². The fourth-order valence-corrected chi connectivity index (χ4v) is 1.93. The Balaban J connectivity index is 2.24. The van der Waals surface area contributed by atoms with Gasteiger partial charge in [-0.15, -0.1) is 0 Å². The third-order valence-corrected chi connectivity index (χ3v) is 3.43. The van der Waals surface area contributed by atoms with Crippen LogP contribution in [0.15, 0.2) is 30.3 Å². The number of epoxide rings is 1. The van der Waals surface area contributed by atoms with E-state index in [4.69, 9.17) is 14.2 Å². The van der Waals surface area contributed by atoms with E-state index >= 15 is 0 Å². The second-order valence-electron chi connectivity index (χ2n) is 4.65. The van der Waals surface area contributed by atoms with Crippen molar-refractivity contribution >= 4 is 5.78 Å². The highest BCUT2D eigenvalue weighted by Crippen LogP contribution is 2.36. The molecule has 0 aliphatic carbocycles. The number of carbonyl (C=O) groups is 1. The topological polar surface area (TPSA) is 48.1 Å². The molecule has 0 radical (unpaired) electrons. The fourth-order valence-electron chi connectivity index (χ4n) is 1.93. The Morgan fingerprint density at radius 2 is 1.89 bits per heavy atom. The van der Waals surface area contributed by atoms with Crippen LogP contribution in [0.1, 0.15) is 18.9 Å². The lowest BCUT2D eigenvalue weighted by Crippen LogP contribution is -2.37. The fraction of sp³-hybridized carbons (Fsp3) is 0.500. The lowest BCUT2D eigenvalue weighted by molar-refractivity contribution is -0.219. The van der Waals surface area contributed by atoms with Crippen LogP contribution >= 0.6 is 0 Å². The number of hydrogen-bond acceptors (Lipinski definition) is 4. The molecule has 1 fully saturated rings. The summed E-state index contributed by atoms with van der Waals surface area (Å²) < 4.78 is 16.1. The molecule has 18 heavy (non-hydrogen) atoms. The van der Waals surface area contributed by atoms with E-state index in [0.717, 1.165) is 5.56 Å². The van der Waals surface area contributed by atoms with Crippen LogP contribution in [0.3, 0.4) is 0 Å². The lowest BCUT2D eigenvalue weighted by atomic mass is 9.94. The number of benzene rings is 1. The Kier molecular flexibility index (Phi) is 3.52. The van der Waals surface area contributed by atoms with Crippen molar-refractivity contribution in [3.05, 3.63) is 35.9 Å². The average Bonchev–Trinajstić information content (AvgIpc) is 3.16. The summed E-state index contributed by atoms with van der Waals surface area (Å²) in [4.78, 5) is 12.1. The van der Waals surface area contributed by atoms with Crippen LogP contribution in [-0.4, -0.2) is 32.2 Å². The van der Waals surface area contributed by atoms with E-state index in [2.05, 4.69) is 0 Å². The maximum absolute atomic E-state index is 12.1. The molecule has 1 heterocycles. The summed E-state index contributed by atoms with van der Waals surface area (Å²) in [6.45, 7) is 2.26. The summed E-state index contributed by atoms with van der Waals surface area (Å²) >= 11 is 0. The minimum atomic E-state index is -1.03. The van der Waals surface area contributed by atoms with Crippen LogP contribution in [-0.2, 0) is 24.8 Å². The molecule has 0 N–H and O–H groups in total. The van der Waals surface area contributed by atoms with E-state index in [9.17, 15) is 4.79 Å². The molecule has 1 atom stereocenters. The van der Waals surface area contributed by atoms with E-state index in [-0.39, 0.29) is 12.2 Å². The van der Waals surface area contributed by atoms with Gasteiger partial charge in [-0.2, -0.15) is 0 Å². The van der Waals surface area contributed by atoms with E-state index in [1.807, 2.05) is 30.3 Å². The second kappa shape index (κ2) is 4.80. The first-order chi connectivity index (χ1) is 8.56. The number of ketones is 1. The summed E-state index contributed by atoms with van der Waals surface area (Å²) in [5.41, 5.74) is 0.171. The molecule has 1 aromatic carbocycles. The molecule has 1 aliphatic rings. The van der Waals surface area contributed by atoms with E-state index < -0.39 is 11.4 Å². The maximum Gasteiger partial charge on any atom is 0.201 e. The predicted molar refractivity (Wildman–Crippen MR) is 66.1 cm³/mol. The predicted octanol–water partition coefficient (Wildman–Crippen LogP) is 1.88. The first kappa shape index (κ1) is 13.2. The van der Waals surface area contributed by atoms with Crippen LogP contribution in [0.4, 0.5) is 0 Å². The van der Waals surface area contributed by atoms with Crippen molar-refractivity contribution in [1.82, 2.24) is 0 Å². The van der Waals surface area contributed by atoms with Crippen molar-refractivity contribution in [3.63, 3.8) is 0 Å². The van der Waals surface area contributed by atoms with Gasteiger partial charge >= 0.3 is 0 Å². The lowest BCUT2D eigenvalue weighted by Gasteiger charge is -2.31. The van der Waals surface area contributed by atoms with Crippen LogP contribution in [0, 0.1) is 0 Å². The molecule has 0 spiro atoms. The zero-order chi connectivity index (χ0) is 13.2. The highest BCUT2D eigenvalue weighted by Gasteiger charge is 2.50. The van der Waals surface area contributed by atoms with Crippen LogP contribution < -0.4 is 0 Å². The summed E-state index contributed by atoms with van der Waals surface area (Å²) in [6.07, 6.45) is 0.139. The van der Waals surface area contributed by atoms with Gasteiger partial charge in [0.15, 0.2) is 5.78 Å². The molecule has 0 saturated carbocycles. The molecule has 0 aromatic heterocycles. The molecular formula is C14H18O4. The van der Waals surface area contributed by atoms with Gasteiger partial charge in [0.05, 0.1) is 13.0 Å². The largest absolute Gasteiger partial charge is 0.362 e. The molecule has 4 nitrogen and oxygen atoms in total. The van der Waals surface area contributed by atoms with Gasteiger partial charge in [0.25, 0.3) is 0 Å². The Morgan fingerprint density at radius 1 is 1.33 bits per heavy atom. The number of methoxy groups -OCH3 is 2. The molecular weight excluding hydrogens is 232 g/mol. The van der Waals surface area contributed by atoms with Crippen LogP contribution in [0.5, 0.6) is 0 Å². The third kappa shape index (κ3) is 2.32. The summed E-state index contributed by atoms with van der Waals surface area (Å²) in [6, 6.07) is 9.46. The number of rotatable bonds is 6. The molecule has 98 valence electrons. The minimum absolute atomic E-state index is 0.00458. The standard InChI is InChI=1S/C14H18O4/c1-13(10-18-13)12(15)9-14(16-2,17-3)11-7-5-4-6-8-11/h4-8H,9-10H2,1-3H3. The van der Waals surface area contributed by atoms with Gasteiger partial charge in [0, 0.05) is 19.8 Å². The van der Waals surface area contributed by atoms with Crippen molar-refractivity contribution in [2.24, 2.45) is 0 Å².